The van der Waals surface area contributed by atoms with Gasteiger partial charge in [0.2, 0.25) is 5.91 Å². The molecular formula is C13H23NO3S. The summed E-state index contributed by atoms with van der Waals surface area (Å²) in [5.41, 5.74) is -0.116. The summed E-state index contributed by atoms with van der Waals surface area (Å²) < 4.78 is 0. The molecule has 1 aliphatic rings. The normalized spacial score (nSPS) is 24.7. The Morgan fingerprint density at radius 1 is 1.39 bits per heavy atom. The first-order chi connectivity index (χ1) is 8.13. The molecule has 0 saturated carbocycles. The monoisotopic (exact) mass is 273 g/mol. The van der Waals surface area contributed by atoms with Crippen LogP contribution in [0.3, 0.4) is 0 Å². The van der Waals surface area contributed by atoms with Crippen LogP contribution in [0.2, 0.25) is 0 Å². The van der Waals surface area contributed by atoms with E-state index in [0.29, 0.717) is 12.2 Å². The van der Waals surface area contributed by atoms with Gasteiger partial charge in [0, 0.05) is 12.2 Å². The predicted octanol–water partition coefficient (Wildman–Crippen LogP) is 2.43. The summed E-state index contributed by atoms with van der Waals surface area (Å²) >= 11 is 1.57. The Labute approximate surface area is 113 Å². The molecule has 0 radical (unpaired) electrons. The van der Waals surface area contributed by atoms with Gasteiger partial charge >= 0.3 is 5.97 Å². The van der Waals surface area contributed by atoms with E-state index in [1.165, 1.54) is 0 Å². The first kappa shape index (κ1) is 15.3. The first-order valence-corrected chi connectivity index (χ1v) is 7.34. The fourth-order valence-corrected chi connectivity index (χ4v) is 3.58. The minimum absolute atomic E-state index is 0.0130. The Kier molecular flexibility index (Phi) is 4.70. The summed E-state index contributed by atoms with van der Waals surface area (Å²) in [7, 11) is 0. The van der Waals surface area contributed by atoms with Gasteiger partial charge < -0.3 is 10.0 Å². The predicted molar refractivity (Wildman–Crippen MR) is 73.4 cm³/mol. The van der Waals surface area contributed by atoms with Crippen molar-refractivity contribution >= 4 is 23.6 Å². The van der Waals surface area contributed by atoms with Crippen LogP contribution in [0.5, 0.6) is 0 Å². The number of carbonyl (C=O) groups is 2. The molecule has 1 heterocycles. The van der Waals surface area contributed by atoms with Crippen molar-refractivity contribution < 1.29 is 14.7 Å². The van der Waals surface area contributed by atoms with Crippen LogP contribution in [0.15, 0.2) is 0 Å². The van der Waals surface area contributed by atoms with Crippen LogP contribution < -0.4 is 0 Å². The molecule has 5 heteroatoms. The summed E-state index contributed by atoms with van der Waals surface area (Å²) in [6.45, 7) is 10.0. The molecule has 1 aliphatic heterocycles. The van der Waals surface area contributed by atoms with E-state index < -0.39 is 12.0 Å². The molecule has 1 N–H and O–H groups in total. The molecule has 1 amide bonds. The number of carboxylic acid groups (broad SMARTS) is 1. The number of carbonyl (C=O) groups excluding carboxylic acids is 1. The highest BCUT2D eigenvalue weighted by Gasteiger charge is 2.43. The van der Waals surface area contributed by atoms with E-state index in [2.05, 4.69) is 0 Å². The highest BCUT2D eigenvalue weighted by Crippen LogP contribution is 2.35. The number of thioether (sulfide) groups is 1. The lowest BCUT2D eigenvalue weighted by molar-refractivity contribution is -0.150. The summed E-state index contributed by atoms with van der Waals surface area (Å²) in [6, 6.07) is -0.669. The molecule has 0 aromatic heterocycles. The molecule has 1 fully saturated rings. The molecule has 4 nitrogen and oxygen atoms in total. The summed E-state index contributed by atoms with van der Waals surface area (Å²) in [5, 5.41) is 9.21. The van der Waals surface area contributed by atoms with Gasteiger partial charge in [-0.15, -0.1) is 11.8 Å². The molecule has 1 saturated heterocycles. The van der Waals surface area contributed by atoms with E-state index in [-0.39, 0.29) is 22.6 Å². The molecule has 0 aromatic carbocycles. The smallest absolute Gasteiger partial charge is 0.327 e. The summed E-state index contributed by atoms with van der Waals surface area (Å²) in [5.74, 6) is -0.177. The lowest BCUT2D eigenvalue weighted by Gasteiger charge is -2.32. The summed E-state index contributed by atoms with van der Waals surface area (Å²) in [6.07, 6.45) is 0.389. The molecule has 0 spiro atoms. The number of carboxylic acids is 1. The number of hydrogen-bond acceptors (Lipinski definition) is 3. The third-order valence-electron chi connectivity index (χ3n) is 2.86. The van der Waals surface area contributed by atoms with E-state index in [1.807, 2.05) is 34.6 Å². The van der Waals surface area contributed by atoms with Crippen LogP contribution in [0, 0.1) is 11.3 Å². The quantitative estimate of drug-likeness (QED) is 0.858. The Morgan fingerprint density at radius 2 is 1.94 bits per heavy atom. The molecule has 104 valence electrons. The second-order valence-electron chi connectivity index (χ2n) is 6.36. The van der Waals surface area contributed by atoms with Crippen molar-refractivity contribution in [2.45, 2.75) is 52.5 Å². The van der Waals surface area contributed by atoms with E-state index >= 15 is 0 Å². The zero-order valence-corrected chi connectivity index (χ0v) is 12.6. The van der Waals surface area contributed by atoms with Crippen LogP contribution >= 0.6 is 11.8 Å². The lowest BCUT2D eigenvalue weighted by Crippen LogP contribution is -2.48. The van der Waals surface area contributed by atoms with Crippen molar-refractivity contribution in [2.75, 3.05) is 5.75 Å². The van der Waals surface area contributed by atoms with E-state index in [4.69, 9.17) is 0 Å². The zero-order chi connectivity index (χ0) is 14.1. The number of rotatable bonds is 3. The second kappa shape index (κ2) is 5.51. The van der Waals surface area contributed by atoms with E-state index in [1.54, 1.807) is 16.7 Å². The highest BCUT2D eigenvalue weighted by molar-refractivity contribution is 8.00. The molecule has 2 atom stereocenters. The van der Waals surface area contributed by atoms with Crippen molar-refractivity contribution in [2.24, 2.45) is 11.3 Å². The fourth-order valence-electron chi connectivity index (χ4n) is 2.09. The van der Waals surface area contributed by atoms with Crippen LogP contribution in [0.4, 0.5) is 0 Å². The van der Waals surface area contributed by atoms with Crippen LogP contribution in [-0.4, -0.2) is 39.1 Å². The number of nitrogens with zero attached hydrogens (tertiary/aromatic N) is 1. The van der Waals surface area contributed by atoms with E-state index in [9.17, 15) is 14.7 Å². The molecule has 0 aliphatic carbocycles. The van der Waals surface area contributed by atoms with Gasteiger partial charge in [-0.2, -0.15) is 0 Å². The standard InChI is InChI=1S/C13H23NO3S/c1-8(2)11-14(9(7-18-11)12(16)17)10(15)6-13(3,4)5/h8-9,11H,6-7H2,1-5H3,(H,16,17). The SMILES string of the molecule is CC(C)C1SCC(C(=O)O)N1C(=O)CC(C)(C)C. The van der Waals surface area contributed by atoms with Gasteiger partial charge in [0.25, 0.3) is 0 Å². The average molecular weight is 273 g/mol. The largest absolute Gasteiger partial charge is 0.480 e. The molecule has 0 aromatic rings. The zero-order valence-electron chi connectivity index (χ0n) is 11.8. The Hall–Kier alpha value is -0.710. The lowest BCUT2D eigenvalue weighted by atomic mass is 9.91. The highest BCUT2D eigenvalue weighted by atomic mass is 32.2. The van der Waals surface area contributed by atoms with Gasteiger partial charge in [-0.05, 0) is 11.3 Å². The van der Waals surface area contributed by atoms with Crippen LogP contribution in [0.1, 0.15) is 41.0 Å². The van der Waals surface area contributed by atoms with Gasteiger partial charge in [-0.1, -0.05) is 34.6 Å². The average Bonchev–Trinajstić information content (AvgIpc) is 2.58. The Bertz CT molecular complexity index is 336. The van der Waals surface area contributed by atoms with Crippen molar-refractivity contribution in [1.82, 2.24) is 4.90 Å². The number of aliphatic carboxylic acids is 1. The van der Waals surface area contributed by atoms with Gasteiger partial charge in [0.15, 0.2) is 0 Å². The molecule has 2 unspecified atom stereocenters. The molecule has 0 bridgehead atoms. The van der Waals surface area contributed by atoms with Crippen LogP contribution in [-0.2, 0) is 9.59 Å². The maximum Gasteiger partial charge on any atom is 0.327 e. The Morgan fingerprint density at radius 3 is 2.33 bits per heavy atom. The number of hydrogen-bond donors (Lipinski definition) is 1. The van der Waals surface area contributed by atoms with Crippen molar-refractivity contribution in [3.8, 4) is 0 Å². The molecule has 1 rings (SSSR count). The van der Waals surface area contributed by atoms with Crippen molar-refractivity contribution in [3.05, 3.63) is 0 Å². The first-order valence-electron chi connectivity index (χ1n) is 6.29. The van der Waals surface area contributed by atoms with Gasteiger partial charge in [0.05, 0.1) is 5.37 Å². The van der Waals surface area contributed by atoms with Gasteiger partial charge in [-0.25, -0.2) is 4.79 Å². The van der Waals surface area contributed by atoms with Crippen LogP contribution in [0.25, 0.3) is 0 Å². The third kappa shape index (κ3) is 3.64. The topological polar surface area (TPSA) is 57.6 Å². The van der Waals surface area contributed by atoms with Gasteiger partial charge in [-0.3, -0.25) is 4.79 Å². The second-order valence-corrected chi connectivity index (χ2v) is 7.51. The number of amides is 1. The summed E-state index contributed by atoms with van der Waals surface area (Å²) in [4.78, 5) is 25.2. The minimum Gasteiger partial charge on any atom is -0.480 e. The van der Waals surface area contributed by atoms with Crippen molar-refractivity contribution in [3.63, 3.8) is 0 Å². The van der Waals surface area contributed by atoms with Gasteiger partial charge in [0.1, 0.15) is 6.04 Å². The van der Waals surface area contributed by atoms with E-state index in [0.717, 1.165) is 0 Å². The van der Waals surface area contributed by atoms with Crippen molar-refractivity contribution in [1.29, 1.82) is 0 Å². The molecule has 18 heavy (non-hydrogen) atoms. The fraction of sp³-hybridized carbons (Fsp3) is 0.846. The minimum atomic E-state index is -0.895. The third-order valence-corrected chi connectivity index (χ3v) is 4.48. The Balaban J connectivity index is 2.89. The maximum atomic E-state index is 12.3. The maximum absolute atomic E-state index is 12.3. The molecular weight excluding hydrogens is 250 g/mol.